The first-order valence-electron chi connectivity index (χ1n) is 10.3. The van der Waals surface area contributed by atoms with E-state index in [0.29, 0.717) is 37.6 Å². The fourth-order valence-corrected chi connectivity index (χ4v) is 4.95. The molecule has 1 N–H and O–H groups in total. The number of thiophene rings is 1. The lowest BCUT2D eigenvalue weighted by atomic mass is 9.97. The van der Waals surface area contributed by atoms with Gasteiger partial charge in [0.15, 0.2) is 0 Å². The molecule has 4 rings (SSSR count). The maximum atomic E-state index is 13.1. The van der Waals surface area contributed by atoms with E-state index >= 15 is 0 Å². The summed E-state index contributed by atoms with van der Waals surface area (Å²) in [5, 5.41) is 13.1. The SMILES string of the molecule is COc1ccc(/C(O)=C2\C(=O)C(=O)N(CCN3CCOCC3)C2c2cccs2)c(C)c1. The molecule has 1 aromatic heterocycles. The van der Waals surface area contributed by atoms with Crippen LogP contribution in [0.2, 0.25) is 0 Å². The fraction of sp³-hybridized carbons (Fsp3) is 0.391. The Morgan fingerprint density at radius 3 is 2.65 bits per heavy atom. The van der Waals surface area contributed by atoms with Crippen LogP contribution in [0, 0.1) is 6.92 Å². The van der Waals surface area contributed by atoms with Crippen molar-refractivity contribution < 1.29 is 24.2 Å². The Morgan fingerprint density at radius 2 is 2.00 bits per heavy atom. The monoisotopic (exact) mass is 442 g/mol. The zero-order chi connectivity index (χ0) is 22.0. The van der Waals surface area contributed by atoms with Crippen LogP contribution < -0.4 is 4.74 Å². The number of carbonyl (C=O) groups is 2. The van der Waals surface area contributed by atoms with Gasteiger partial charge in [-0.15, -0.1) is 11.3 Å². The molecule has 7 nitrogen and oxygen atoms in total. The molecule has 164 valence electrons. The van der Waals surface area contributed by atoms with Gasteiger partial charge in [-0.2, -0.15) is 0 Å². The molecule has 0 bridgehead atoms. The van der Waals surface area contributed by atoms with Gasteiger partial charge in [0.1, 0.15) is 11.5 Å². The first-order chi connectivity index (χ1) is 15.0. The molecule has 2 fully saturated rings. The summed E-state index contributed by atoms with van der Waals surface area (Å²) in [5.41, 5.74) is 1.43. The number of hydrogen-bond acceptors (Lipinski definition) is 7. The number of hydrogen-bond donors (Lipinski definition) is 1. The second-order valence-corrected chi connectivity index (χ2v) is 8.62. The van der Waals surface area contributed by atoms with E-state index in [1.165, 1.54) is 11.3 Å². The van der Waals surface area contributed by atoms with Gasteiger partial charge in [-0.1, -0.05) is 6.07 Å². The van der Waals surface area contributed by atoms with Crippen molar-refractivity contribution in [2.24, 2.45) is 0 Å². The lowest BCUT2D eigenvalue weighted by Gasteiger charge is -2.30. The Morgan fingerprint density at radius 1 is 1.23 bits per heavy atom. The van der Waals surface area contributed by atoms with E-state index < -0.39 is 17.7 Å². The van der Waals surface area contributed by atoms with Crippen molar-refractivity contribution in [1.29, 1.82) is 0 Å². The van der Waals surface area contributed by atoms with Crippen molar-refractivity contribution in [3.63, 3.8) is 0 Å². The minimum Gasteiger partial charge on any atom is -0.507 e. The van der Waals surface area contributed by atoms with Crippen molar-refractivity contribution in [3.8, 4) is 5.75 Å². The summed E-state index contributed by atoms with van der Waals surface area (Å²) in [6.07, 6.45) is 0. The van der Waals surface area contributed by atoms with E-state index in [-0.39, 0.29) is 11.3 Å². The highest BCUT2D eigenvalue weighted by Gasteiger charge is 2.46. The van der Waals surface area contributed by atoms with Crippen LogP contribution in [-0.2, 0) is 14.3 Å². The predicted octanol–water partition coefficient (Wildman–Crippen LogP) is 2.82. The number of Topliss-reactive ketones (excluding diaryl/α,β-unsaturated/α-hetero) is 1. The molecule has 1 amide bonds. The van der Waals surface area contributed by atoms with E-state index in [9.17, 15) is 14.7 Å². The molecule has 0 radical (unpaired) electrons. The average Bonchev–Trinajstić information content (AvgIpc) is 3.40. The zero-order valence-corrected chi connectivity index (χ0v) is 18.5. The smallest absolute Gasteiger partial charge is 0.295 e. The van der Waals surface area contributed by atoms with Crippen LogP contribution in [0.5, 0.6) is 5.75 Å². The summed E-state index contributed by atoms with van der Waals surface area (Å²) < 4.78 is 10.6. The van der Waals surface area contributed by atoms with Crippen LogP contribution >= 0.6 is 11.3 Å². The molecule has 0 spiro atoms. The number of methoxy groups -OCH3 is 1. The maximum absolute atomic E-state index is 13.1. The average molecular weight is 443 g/mol. The standard InChI is InChI=1S/C23H26N2O5S/c1-15-14-16(29-2)5-6-17(15)21(26)19-20(18-4-3-13-31-18)25(23(28)22(19)27)8-7-24-9-11-30-12-10-24/h3-6,13-14,20,26H,7-12H2,1-2H3/b21-19+. The van der Waals surface area contributed by atoms with Gasteiger partial charge in [0.05, 0.1) is 31.9 Å². The van der Waals surface area contributed by atoms with E-state index in [2.05, 4.69) is 4.90 Å². The number of aliphatic hydroxyl groups excluding tert-OH is 1. The van der Waals surface area contributed by atoms with Crippen LogP contribution in [-0.4, -0.2) is 73.1 Å². The highest BCUT2D eigenvalue weighted by Crippen LogP contribution is 2.41. The van der Waals surface area contributed by atoms with Gasteiger partial charge < -0.3 is 19.5 Å². The molecule has 2 aromatic rings. The third-order valence-electron chi connectivity index (χ3n) is 5.80. The number of likely N-dealkylation sites (tertiary alicyclic amines) is 1. The predicted molar refractivity (Wildman–Crippen MR) is 118 cm³/mol. The number of amides is 1. The van der Waals surface area contributed by atoms with Crippen LogP contribution in [0.4, 0.5) is 0 Å². The molecule has 0 saturated carbocycles. The summed E-state index contributed by atoms with van der Waals surface area (Å²) in [4.78, 5) is 30.7. The molecule has 3 heterocycles. The molecule has 2 saturated heterocycles. The quantitative estimate of drug-likeness (QED) is 0.421. The molecule has 0 aliphatic carbocycles. The maximum Gasteiger partial charge on any atom is 0.295 e. The molecule has 2 aliphatic rings. The second-order valence-electron chi connectivity index (χ2n) is 7.64. The third-order valence-corrected chi connectivity index (χ3v) is 6.73. The van der Waals surface area contributed by atoms with Gasteiger partial charge >= 0.3 is 0 Å². The van der Waals surface area contributed by atoms with Gasteiger partial charge in [-0.25, -0.2) is 0 Å². The van der Waals surface area contributed by atoms with E-state index in [1.807, 2.05) is 24.4 Å². The van der Waals surface area contributed by atoms with Crippen LogP contribution in [0.15, 0.2) is 41.3 Å². The number of nitrogens with zero attached hydrogens (tertiary/aromatic N) is 2. The lowest BCUT2D eigenvalue weighted by Crippen LogP contribution is -2.42. The van der Waals surface area contributed by atoms with Crippen molar-refractivity contribution >= 4 is 28.8 Å². The molecule has 1 unspecified atom stereocenters. The largest absolute Gasteiger partial charge is 0.507 e. The third kappa shape index (κ3) is 4.23. The molecule has 1 aromatic carbocycles. The number of ketones is 1. The van der Waals surface area contributed by atoms with Crippen LogP contribution in [0.25, 0.3) is 5.76 Å². The first kappa shape index (κ1) is 21.5. The number of carbonyl (C=O) groups excluding carboxylic acids is 2. The van der Waals surface area contributed by atoms with Crippen molar-refractivity contribution in [3.05, 3.63) is 57.3 Å². The summed E-state index contributed by atoms with van der Waals surface area (Å²) in [5.74, 6) is -0.701. The Labute approximate surface area is 185 Å². The molecular formula is C23H26N2O5S. The second kappa shape index (κ2) is 9.21. The molecule has 1 atom stereocenters. The number of rotatable bonds is 6. The number of ether oxygens (including phenoxy) is 2. The first-order valence-corrected chi connectivity index (χ1v) is 11.2. The van der Waals surface area contributed by atoms with Crippen molar-refractivity contribution in [2.45, 2.75) is 13.0 Å². The number of morpholine rings is 1. The number of aryl methyl sites for hydroxylation is 1. The van der Waals surface area contributed by atoms with Crippen LogP contribution in [0.1, 0.15) is 22.0 Å². The summed E-state index contributed by atoms with van der Waals surface area (Å²) in [7, 11) is 1.57. The lowest BCUT2D eigenvalue weighted by molar-refractivity contribution is -0.140. The van der Waals surface area contributed by atoms with Gasteiger partial charge in [-0.05, 0) is 42.1 Å². The molecular weight excluding hydrogens is 416 g/mol. The van der Waals surface area contributed by atoms with Gasteiger partial charge in [0.25, 0.3) is 11.7 Å². The van der Waals surface area contributed by atoms with Crippen LogP contribution in [0.3, 0.4) is 0 Å². The highest BCUT2D eigenvalue weighted by molar-refractivity contribution is 7.10. The van der Waals surface area contributed by atoms with Gasteiger partial charge in [-0.3, -0.25) is 14.5 Å². The highest BCUT2D eigenvalue weighted by atomic mass is 32.1. The van der Waals surface area contributed by atoms with Gasteiger partial charge in [0, 0.05) is 36.6 Å². The van der Waals surface area contributed by atoms with E-state index in [1.54, 1.807) is 30.2 Å². The number of aliphatic hydroxyl groups is 1. The Hall–Kier alpha value is -2.68. The van der Waals surface area contributed by atoms with Crippen molar-refractivity contribution in [1.82, 2.24) is 9.80 Å². The zero-order valence-electron chi connectivity index (χ0n) is 17.7. The molecule has 31 heavy (non-hydrogen) atoms. The Balaban J connectivity index is 1.71. The molecule has 2 aliphatic heterocycles. The van der Waals surface area contributed by atoms with Crippen molar-refractivity contribution in [2.75, 3.05) is 46.5 Å². The van der Waals surface area contributed by atoms with Gasteiger partial charge in [0.2, 0.25) is 0 Å². The Bertz CT molecular complexity index is 995. The summed E-state index contributed by atoms with van der Waals surface area (Å²) >= 11 is 1.47. The summed E-state index contributed by atoms with van der Waals surface area (Å²) in [6.45, 7) is 5.85. The minimum atomic E-state index is -0.645. The Kier molecular flexibility index (Phi) is 6.41. The topological polar surface area (TPSA) is 79.3 Å². The van der Waals surface area contributed by atoms with E-state index in [0.717, 1.165) is 23.5 Å². The minimum absolute atomic E-state index is 0.141. The van der Waals surface area contributed by atoms with E-state index in [4.69, 9.17) is 9.47 Å². The number of benzene rings is 1. The summed E-state index contributed by atoms with van der Waals surface area (Å²) in [6, 6.07) is 8.44. The normalized spacial score (nSPS) is 21.6. The molecule has 8 heteroatoms. The fourth-order valence-electron chi connectivity index (χ4n) is 4.10.